The number of methoxy groups -OCH3 is 1. The summed E-state index contributed by atoms with van der Waals surface area (Å²) in [5.74, 6) is 0.770. The number of carbonyl (C=O) groups excluding carboxylic acids is 1. The first-order chi connectivity index (χ1) is 10.1. The number of nitrogens with two attached hydrogens (primary N) is 2. The molecule has 0 heterocycles. The van der Waals surface area contributed by atoms with E-state index in [1.165, 1.54) is 6.08 Å². The van der Waals surface area contributed by atoms with Gasteiger partial charge in [-0.25, -0.2) is 0 Å². The summed E-state index contributed by atoms with van der Waals surface area (Å²) < 4.78 is 5.07. The van der Waals surface area contributed by atoms with Gasteiger partial charge in [-0.1, -0.05) is 12.1 Å². The van der Waals surface area contributed by atoms with Gasteiger partial charge in [0.1, 0.15) is 5.75 Å². The second kappa shape index (κ2) is 9.41. The summed E-state index contributed by atoms with van der Waals surface area (Å²) in [6, 6.07) is 7.47. The van der Waals surface area contributed by atoms with Crippen molar-refractivity contribution in [2.45, 2.75) is 12.8 Å². The van der Waals surface area contributed by atoms with Gasteiger partial charge >= 0.3 is 0 Å². The molecule has 0 aliphatic carbocycles. The molecule has 6 nitrogen and oxygen atoms in total. The van der Waals surface area contributed by atoms with Crippen LogP contribution in [-0.4, -0.2) is 32.1 Å². The summed E-state index contributed by atoms with van der Waals surface area (Å²) in [6.45, 7) is 1.19. The van der Waals surface area contributed by atoms with Crippen molar-refractivity contribution in [1.29, 1.82) is 0 Å². The third-order valence-corrected chi connectivity index (χ3v) is 2.72. The van der Waals surface area contributed by atoms with Crippen molar-refractivity contribution in [2.75, 3.05) is 20.2 Å². The van der Waals surface area contributed by atoms with Crippen LogP contribution in [0.1, 0.15) is 18.4 Å². The third kappa shape index (κ3) is 7.61. The fourth-order valence-electron chi connectivity index (χ4n) is 1.60. The average molecular weight is 290 g/mol. The zero-order valence-corrected chi connectivity index (χ0v) is 12.2. The maximum absolute atomic E-state index is 11.6. The molecule has 0 radical (unpaired) electrons. The van der Waals surface area contributed by atoms with Crippen molar-refractivity contribution < 1.29 is 9.53 Å². The largest absolute Gasteiger partial charge is 0.497 e. The molecule has 114 valence electrons. The van der Waals surface area contributed by atoms with E-state index in [9.17, 15) is 4.79 Å². The third-order valence-electron chi connectivity index (χ3n) is 2.72. The fourth-order valence-corrected chi connectivity index (χ4v) is 1.60. The first-order valence-corrected chi connectivity index (χ1v) is 6.77. The van der Waals surface area contributed by atoms with E-state index < -0.39 is 0 Å². The smallest absolute Gasteiger partial charge is 0.243 e. The van der Waals surface area contributed by atoms with Crippen LogP contribution in [0, 0.1) is 0 Å². The monoisotopic (exact) mass is 290 g/mol. The highest BCUT2D eigenvalue weighted by molar-refractivity contribution is 5.91. The van der Waals surface area contributed by atoms with E-state index in [0.29, 0.717) is 13.1 Å². The van der Waals surface area contributed by atoms with Gasteiger partial charge in [0.2, 0.25) is 5.91 Å². The maximum atomic E-state index is 11.6. The maximum Gasteiger partial charge on any atom is 0.243 e. The standard InChI is InChI=1S/C15H22N4O2/c1-21-13-7-4-12(5-8-13)6-9-14(20)18-10-2-3-11-19-15(16)17/h4-9H,2-3,10-11H2,1H3,(H,18,20)(H4,16,17,19). The number of rotatable bonds is 8. The minimum absolute atomic E-state index is 0.0986. The molecule has 21 heavy (non-hydrogen) atoms. The van der Waals surface area contributed by atoms with E-state index in [0.717, 1.165) is 24.2 Å². The van der Waals surface area contributed by atoms with Crippen LogP contribution >= 0.6 is 0 Å². The van der Waals surface area contributed by atoms with Crippen molar-refractivity contribution in [3.05, 3.63) is 35.9 Å². The number of aliphatic imine (C=N–C) groups is 1. The van der Waals surface area contributed by atoms with Gasteiger partial charge in [0.15, 0.2) is 5.96 Å². The minimum atomic E-state index is -0.118. The molecule has 5 N–H and O–H groups in total. The van der Waals surface area contributed by atoms with Gasteiger partial charge in [0.05, 0.1) is 7.11 Å². The van der Waals surface area contributed by atoms with E-state index in [-0.39, 0.29) is 11.9 Å². The molecule has 6 heteroatoms. The van der Waals surface area contributed by atoms with Crippen molar-refractivity contribution in [3.63, 3.8) is 0 Å². The molecule has 1 amide bonds. The lowest BCUT2D eigenvalue weighted by molar-refractivity contribution is -0.116. The average Bonchev–Trinajstić information content (AvgIpc) is 2.49. The highest BCUT2D eigenvalue weighted by Crippen LogP contribution is 2.12. The number of hydrogen-bond acceptors (Lipinski definition) is 3. The molecule has 0 bridgehead atoms. The lowest BCUT2D eigenvalue weighted by atomic mass is 10.2. The van der Waals surface area contributed by atoms with Crippen LogP contribution in [0.4, 0.5) is 0 Å². The molecule has 1 aromatic rings. The summed E-state index contributed by atoms with van der Waals surface area (Å²) >= 11 is 0. The van der Waals surface area contributed by atoms with Gasteiger partial charge in [-0.3, -0.25) is 9.79 Å². The first-order valence-electron chi connectivity index (χ1n) is 6.77. The summed E-state index contributed by atoms with van der Waals surface area (Å²) in [4.78, 5) is 15.5. The van der Waals surface area contributed by atoms with Crippen LogP contribution in [0.15, 0.2) is 35.3 Å². The van der Waals surface area contributed by atoms with E-state index in [4.69, 9.17) is 16.2 Å². The minimum Gasteiger partial charge on any atom is -0.497 e. The molecule has 0 unspecified atom stereocenters. The Hall–Kier alpha value is -2.50. The lowest BCUT2D eigenvalue weighted by Crippen LogP contribution is -2.24. The Kier molecular flexibility index (Phi) is 7.42. The van der Waals surface area contributed by atoms with Crippen LogP contribution in [0.25, 0.3) is 6.08 Å². The van der Waals surface area contributed by atoms with E-state index in [1.54, 1.807) is 13.2 Å². The normalized spacial score (nSPS) is 10.3. The zero-order valence-electron chi connectivity index (χ0n) is 12.2. The molecular formula is C15H22N4O2. The Labute approximate surface area is 124 Å². The number of hydrogen-bond donors (Lipinski definition) is 3. The van der Waals surface area contributed by atoms with Gasteiger partial charge in [-0.15, -0.1) is 0 Å². The Morgan fingerprint density at radius 1 is 1.29 bits per heavy atom. The first kappa shape index (κ1) is 16.6. The van der Waals surface area contributed by atoms with Crippen LogP contribution < -0.4 is 21.5 Å². The number of carbonyl (C=O) groups is 1. The second-order valence-electron chi connectivity index (χ2n) is 4.41. The summed E-state index contributed by atoms with van der Waals surface area (Å²) in [5, 5.41) is 2.80. The molecular weight excluding hydrogens is 268 g/mol. The van der Waals surface area contributed by atoms with Crippen LogP contribution in [0.5, 0.6) is 5.75 Å². The number of amides is 1. The van der Waals surface area contributed by atoms with Crippen LogP contribution in [0.2, 0.25) is 0 Å². The van der Waals surface area contributed by atoms with E-state index in [2.05, 4.69) is 10.3 Å². The molecule has 0 saturated carbocycles. The Morgan fingerprint density at radius 3 is 2.62 bits per heavy atom. The van der Waals surface area contributed by atoms with Crippen molar-refractivity contribution in [1.82, 2.24) is 5.32 Å². The summed E-state index contributed by atoms with van der Waals surface area (Å²) in [7, 11) is 1.62. The highest BCUT2D eigenvalue weighted by atomic mass is 16.5. The number of guanidine groups is 1. The van der Waals surface area contributed by atoms with Gasteiger partial charge < -0.3 is 21.5 Å². The van der Waals surface area contributed by atoms with Crippen LogP contribution in [0.3, 0.4) is 0 Å². The topological polar surface area (TPSA) is 103 Å². The van der Waals surface area contributed by atoms with Gasteiger partial charge in [-0.05, 0) is 36.6 Å². The van der Waals surface area contributed by atoms with Crippen LogP contribution in [-0.2, 0) is 4.79 Å². The van der Waals surface area contributed by atoms with E-state index >= 15 is 0 Å². The predicted molar refractivity (Wildman–Crippen MR) is 84.9 cm³/mol. The summed E-state index contributed by atoms with van der Waals surface area (Å²) in [5.41, 5.74) is 11.4. The van der Waals surface area contributed by atoms with Gasteiger partial charge in [0, 0.05) is 19.2 Å². The van der Waals surface area contributed by atoms with Crippen molar-refractivity contribution >= 4 is 17.9 Å². The van der Waals surface area contributed by atoms with Gasteiger partial charge in [0.25, 0.3) is 0 Å². The Bertz CT molecular complexity index is 491. The molecule has 0 aliphatic heterocycles. The molecule has 0 saturated heterocycles. The highest BCUT2D eigenvalue weighted by Gasteiger charge is 1.95. The molecule has 0 fully saturated rings. The number of nitrogens with one attached hydrogen (secondary N) is 1. The van der Waals surface area contributed by atoms with Crippen molar-refractivity contribution in [2.24, 2.45) is 16.5 Å². The Morgan fingerprint density at radius 2 is 2.00 bits per heavy atom. The fraction of sp³-hybridized carbons (Fsp3) is 0.333. The Balaban J connectivity index is 2.23. The molecule has 1 aromatic carbocycles. The molecule has 0 aliphatic rings. The number of unbranched alkanes of at least 4 members (excludes halogenated alkanes) is 1. The zero-order chi connectivity index (χ0) is 15.5. The molecule has 1 rings (SSSR count). The number of benzene rings is 1. The molecule has 0 spiro atoms. The predicted octanol–water partition coefficient (Wildman–Crippen LogP) is 0.878. The number of nitrogens with zero attached hydrogens (tertiary/aromatic N) is 1. The number of ether oxygens (including phenoxy) is 1. The van der Waals surface area contributed by atoms with E-state index in [1.807, 2.05) is 24.3 Å². The SMILES string of the molecule is COc1ccc(C=CC(=O)NCCCCN=C(N)N)cc1. The van der Waals surface area contributed by atoms with Crippen molar-refractivity contribution in [3.8, 4) is 5.75 Å². The second-order valence-corrected chi connectivity index (χ2v) is 4.41. The lowest BCUT2D eigenvalue weighted by Gasteiger charge is -2.01. The molecule has 0 aromatic heterocycles. The van der Waals surface area contributed by atoms with Gasteiger partial charge in [-0.2, -0.15) is 0 Å². The summed E-state index contributed by atoms with van der Waals surface area (Å²) in [6.07, 6.45) is 4.94. The quantitative estimate of drug-likeness (QED) is 0.286. The molecule has 0 atom stereocenters.